The van der Waals surface area contributed by atoms with Crippen molar-refractivity contribution in [1.82, 2.24) is 0 Å². The lowest BCUT2D eigenvalue weighted by molar-refractivity contribution is -0.242. The van der Waals surface area contributed by atoms with E-state index in [1.165, 1.54) is 0 Å². The van der Waals surface area contributed by atoms with Gasteiger partial charge in [-0.15, -0.1) is 0 Å². The number of rotatable bonds is 1. The van der Waals surface area contributed by atoms with Crippen LogP contribution in [-0.2, 0) is 4.74 Å². The number of nitrogens with two attached hydrogens (primary N) is 1. The van der Waals surface area contributed by atoms with E-state index in [2.05, 4.69) is 0 Å². The molecule has 1 saturated heterocycles. The first kappa shape index (κ1) is 9.88. The molecule has 1 fully saturated rings. The van der Waals surface area contributed by atoms with Crippen molar-refractivity contribution in [2.45, 2.75) is 44.0 Å². The molecule has 5 N–H and O–H groups in total. The Labute approximate surface area is 70.8 Å². The average Bonchev–Trinajstić information content (AvgIpc) is 2.08. The molecule has 5 atom stereocenters. The Balaban J connectivity index is 2.63. The Morgan fingerprint density at radius 1 is 1.25 bits per heavy atom. The van der Waals surface area contributed by atoms with E-state index >= 15 is 0 Å². The van der Waals surface area contributed by atoms with Crippen LogP contribution >= 0.6 is 0 Å². The van der Waals surface area contributed by atoms with Crippen LogP contribution in [0.5, 0.6) is 0 Å². The van der Waals surface area contributed by atoms with Crippen LogP contribution in [0.15, 0.2) is 0 Å². The Kier molecular flexibility index (Phi) is 3.03. The van der Waals surface area contributed by atoms with Crippen molar-refractivity contribution < 1.29 is 20.1 Å². The summed E-state index contributed by atoms with van der Waals surface area (Å²) < 4.78 is 4.95. The summed E-state index contributed by atoms with van der Waals surface area (Å²) in [6.07, 6.45) is -3.31. The normalized spacial score (nSPS) is 49.2. The fourth-order valence-corrected chi connectivity index (χ4v) is 1.30. The molecule has 0 bridgehead atoms. The first-order valence-electron chi connectivity index (χ1n) is 4.03. The van der Waals surface area contributed by atoms with E-state index in [-0.39, 0.29) is 0 Å². The molecule has 1 heterocycles. The smallest absolute Gasteiger partial charge is 0.172 e. The van der Waals surface area contributed by atoms with Crippen molar-refractivity contribution >= 4 is 0 Å². The van der Waals surface area contributed by atoms with Crippen molar-refractivity contribution in [3.63, 3.8) is 0 Å². The number of aliphatic hydroxyl groups is 3. The van der Waals surface area contributed by atoms with Gasteiger partial charge < -0.3 is 25.8 Å². The van der Waals surface area contributed by atoms with Gasteiger partial charge in [-0.25, -0.2) is 0 Å². The van der Waals surface area contributed by atoms with Crippen molar-refractivity contribution in [3.05, 3.63) is 0 Å². The van der Waals surface area contributed by atoms with Gasteiger partial charge in [-0.2, -0.15) is 0 Å². The van der Waals surface area contributed by atoms with Gasteiger partial charge in [-0.3, -0.25) is 0 Å². The zero-order valence-corrected chi connectivity index (χ0v) is 6.92. The Morgan fingerprint density at radius 2 is 1.83 bits per heavy atom. The first-order valence-corrected chi connectivity index (χ1v) is 4.03. The third kappa shape index (κ3) is 1.60. The van der Waals surface area contributed by atoms with E-state index in [4.69, 9.17) is 15.6 Å². The molecular formula is C7H15NO4. The molecule has 1 aliphatic rings. The monoisotopic (exact) mass is 177 g/mol. The number of hydrogen-bond acceptors (Lipinski definition) is 5. The Bertz CT molecular complexity index is 150. The van der Waals surface area contributed by atoms with Crippen LogP contribution in [-0.4, -0.2) is 46.0 Å². The highest BCUT2D eigenvalue weighted by molar-refractivity contribution is 4.90. The Hall–Kier alpha value is -0.200. The van der Waals surface area contributed by atoms with Gasteiger partial charge in [0.25, 0.3) is 0 Å². The van der Waals surface area contributed by atoms with Gasteiger partial charge in [0.1, 0.15) is 12.2 Å². The summed E-state index contributed by atoms with van der Waals surface area (Å²) in [5, 5.41) is 27.8. The lowest BCUT2D eigenvalue weighted by atomic mass is 9.96. The minimum absolute atomic E-state index is 0.530. The topological polar surface area (TPSA) is 95.9 Å². The number of hydrogen-bond donors (Lipinski definition) is 4. The highest BCUT2D eigenvalue weighted by atomic mass is 16.6. The average molecular weight is 177 g/mol. The summed E-state index contributed by atoms with van der Waals surface area (Å²) in [6, 6.07) is -0.928. The minimum Gasteiger partial charge on any atom is -0.388 e. The summed E-state index contributed by atoms with van der Waals surface area (Å²) in [5.41, 5.74) is 5.34. The van der Waals surface area contributed by atoms with Gasteiger partial charge in [-0.1, -0.05) is 6.92 Å². The van der Waals surface area contributed by atoms with Crippen molar-refractivity contribution in [3.8, 4) is 0 Å². The van der Waals surface area contributed by atoms with E-state index in [1.54, 1.807) is 6.92 Å². The molecule has 0 aromatic heterocycles. The van der Waals surface area contributed by atoms with Gasteiger partial charge in [0.15, 0.2) is 6.29 Å². The maximum absolute atomic E-state index is 9.36. The van der Waals surface area contributed by atoms with E-state index in [0.717, 1.165) is 0 Å². The van der Waals surface area contributed by atoms with E-state index in [9.17, 15) is 10.2 Å². The molecule has 1 rings (SSSR count). The minimum atomic E-state index is -1.19. The maximum Gasteiger partial charge on any atom is 0.172 e. The summed E-state index contributed by atoms with van der Waals surface area (Å²) in [5.74, 6) is 0. The molecule has 5 nitrogen and oxygen atoms in total. The molecule has 0 spiro atoms. The highest BCUT2D eigenvalue weighted by Gasteiger charge is 2.40. The summed E-state index contributed by atoms with van der Waals surface area (Å²) in [7, 11) is 0. The molecule has 0 amide bonds. The van der Waals surface area contributed by atoms with Gasteiger partial charge in [0, 0.05) is 0 Å². The van der Waals surface area contributed by atoms with Crippen molar-refractivity contribution in [1.29, 1.82) is 0 Å². The largest absolute Gasteiger partial charge is 0.388 e. The fraction of sp³-hybridized carbons (Fsp3) is 1.00. The van der Waals surface area contributed by atoms with Crippen LogP contribution in [0, 0.1) is 0 Å². The molecule has 0 radical (unpaired) electrons. The van der Waals surface area contributed by atoms with Crippen LogP contribution in [0.1, 0.15) is 13.3 Å². The van der Waals surface area contributed by atoms with Crippen LogP contribution in [0.2, 0.25) is 0 Å². The lowest BCUT2D eigenvalue weighted by Crippen LogP contribution is -2.60. The summed E-state index contributed by atoms with van der Waals surface area (Å²) >= 11 is 0. The molecule has 0 saturated carbocycles. The molecule has 0 aromatic rings. The number of aliphatic hydroxyl groups excluding tert-OH is 3. The third-order valence-electron chi connectivity index (χ3n) is 2.17. The van der Waals surface area contributed by atoms with Gasteiger partial charge in [0.2, 0.25) is 0 Å². The molecular weight excluding hydrogens is 162 g/mol. The molecule has 72 valence electrons. The van der Waals surface area contributed by atoms with Gasteiger partial charge in [-0.05, 0) is 6.42 Å². The van der Waals surface area contributed by atoms with Gasteiger partial charge in [0.05, 0.1) is 12.1 Å². The quantitative estimate of drug-likeness (QED) is 0.377. The van der Waals surface area contributed by atoms with Crippen LogP contribution < -0.4 is 5.73 Å². The Morgan fingerprint density at radius 3 is 2.33 bits per heavy atom. The standard InChI is InChI=1S/C7H15NO4/c1-2-3-5(9)6(10)4(8)7(11)12-3/h3-7,9-11H,2,8H2,1H3/t3-,4+,5+,6-,7-/m0/s1. The maximum atomic E-state index is 9.36. The number of ether oxygens (including phenoxy) is 1. The summed E-state index contributed by atoms with van der Waals surface area (Å²) in [6.45, 7) is 1.80. The fourth-order valence-electron chi connectivity index (χ4n) is 1.30. The van der Waals surface area contributed by atoms with E-state index in [0.29, 0.717) is 6.42 Å². The van der Waals surface area contributed by atoms with Crippen LogP contribution in [0.25, 0.3) is 0 Å². The predicted octanol–water partition coefficient (Wildman–Crippen LogP) is -1.84. The van der Waals surface area contributed by atoms with Crippen LogP contribution in [0.3, 0.4) is 0 Å². The molecule has 0 aliphatic carbocycles. The second-order valence-corrected chi connectivity index (χ2v) is 3.03. The predicted molar refractivity (Wildman–Crippen MR) is 41.2 cm³/mol. The molecule has 0 unspecified atom stereocenters. The zero-order valence-electron chi connectivity index (χ0n) is 6.92. The lowest BCUT2D eigenvalue weighted by Gasteiger charge is -2.38. The zero-order chi connectivity index (χ0) is 9.30. The van der Waals surface area contributed by atoms with Gasteiger partial charge >= 0.3 is 0 Å². The molecule has 0 aromatic carbocycles. The summed E-state index contributed by atoms with van der Waals surface area (Å²) in [4.78, 5) is 0. The van der Waals surface area contributed by atoms with Crippen molar-refractivity contribution in [2.75, 3.05) is 0 Å². The highest BCUT2D eigenvalue weighted by Crippen LogP contribution is 2.20. The third-order valence-corrected chi connectivity index (χ3v) is 2.17. The molecule has 5 heteroatoms. The second kappa shape index (κ2) is 3.68. The van der Waals surface area contributed by atoms with Crippen LogP contribution in [0.4, 0.5) is 0 Å². The molecule has 12 heavy (non-hydrogen) atoms. The second-order valence-electron chi connectivity index (χ2n) is 3.03. The van der Waals surface area contributed by atoms with E-state index in [1.807, 2.05) is 0 Å². The SMILES string of the molecule is CC[C@@H]1O[C@H](O)[C@H](N)[C@H](O)[C@@H]1O. The van der Waals surface area contributed by atoms with E-state index < -0.39 is 30.6 Å². The first-order chi connectivity index (χ1) is 5.57. The van der Waals surface area contributed by atoms with Crippen molar-refractivity contribution in [2.24, 2.45) is 5.73 Å². The molecule has 1 aliphatic heterocycles.